The molecule has 6 heteroatoms. The zero-order chi connectivity index (χ0) is 11.7. The van der Waals surface area contributed by atoms with E-state index in [2.05, 4.69) is 10.2 Å². The molecule has 1 fully saturated rings. The standard InChI is InChI=1S/C10H15N3O3/c1-6-10(7(2)12-11-6)13(3-9(14)15)8-4-16-5-8/h8H,3-5H2,1-2H3,(H,11,12)(H,14,15). The molecule has 2 N–H and O–H groups in total. The molecule has 0 amide bonds. The Labute approximate surface area is 93.2 Å². The molecule has 16 heavy (non-hydrogen) atoms. The van der Waals surface area contributed by atoms with Crippen molar-refractivity contribution in [3.63, 3.8) is 0 Å². The van der Waals surface area contributed by atoms with E-state index in [-0.39, 0.29) is 12.6 Å². The smallest absolute Gasteiger partial charge is 0.323 e. The molecule has 2 rings (SSSR count). The second-order valence-corrected chi connectivity index (χ2v) is 4.00. The van der Waals surface area contributed by atoms with E-state index < -0.39 is 5.97 Å². The van der Waals surface area contributed by atoms with Gasteiger partial charge in [0.1, 0.15) is 6.54 Å². The molecule has 0 saturated carbocycles. The lowest BCUT2D eigenvalue weighted by molar-refractivity contribution is -0.135. The van der Waals surface area contributed by atoms with Crippen molar-refractivity contribution in [1.29, 1.82) is 0 Å². The minimum Gasteiger partial charge on any atom is -0.480 e. The normalized spacial score (nSPS) is 15.9. The zero-order valence-corrected chi connectivity index (χ0v) is 9.36. The minimum atomic E-state index is -0.841. The van der Waals surface area contributed by atoms with Crippen LogP contribution in [0.2, 0.25) is 0 Å². The molecule has 0 aliphatic carbocycles. The summed E-state index contributed by atoms with van der Waals surface area (Å²) in [6.07, 6.45) is 0. The van der Waals surface area contributed by atoms with Crippen molar-refractivity contribution in [2.45, 2.75) is 19.9 Å². The maximum absolute atomic E-state index is 10.9. The Morgan fingerprint density at radius 2 is 2.31 bits per heavy atom. The van der Waals surface area contributed by atoms with Gasteiger partial charge in [0.15, 0.2) is 0 Å². The van der Waals surface area contributed by atoms with Crippen molar-refractivity contribution in [2.75, 3.05) is 24.7 Å². The van der Waals surface area contributed by atoms with Gasteiger partial charge in [0, 0.05) is 0 Å². The van der Waals surface area contributed by atoms with E-state index in [1.54, 1.807) is 0 Å². The van der Waals surface area contributed by atoms with Gasteiger partial charge in [-0.15, -0.1) is 0 Å². The van der Waals surface area contributed by atoms with E-state index in [1.807, 2.05) is 18.7 Å². The SMILES string of the molecule is Cc1n[nH]c(C)c1N(CC(=O)O)C1COC1. The second kappa shape index (κ2) is 4.13. The predicted molar refractivity (Wildman–Crippen MR) is 57.7 cm³/mol. The highest BCUT2D eigenvalue weighted by Gasteiger charge is 2.30. The molecule has 0 bridgehead atoms. The van der Waals surface area contributed by atoms with Crippen LogP contribution in [0.15, 0.2) is 0 Å². The number of carbonyl (C=O) groups is 1. The predicted octanol–water partition coefficient (Wildman–Crippen LogP) is 0.316. The Kier molecular flexibility index (Phi) is 2.82. The minimum absolute atomic E-state index is 0.0186. The summed E-state index contributed by atoms with van der Waals surface area (Å²) in [5.41, 5.74) is 2.60. The van der Waals surface area contributed by atoms with Gasteiger partial charge in [0.25, 0.3) is 0 Å². The van der Waals surface area contributed by atoms with E-state index in [0.29, 0.717) is 13.2 Å². The summed E-state index contributed by atoms with van der Waals surface area (Å²) in [6.45, 7) is 4.90. The van der Waals surface area contributed by atoms with Crippen LogP contribution in [0.1, 0.15) is 11.4 Å². The van der Waals surface area contributed by atoms with Crippen molar-refractivity contribution in [1.82, 2.24) is 10.2 Å². The van der Waals surface area contributed by atoms with Crippen LogP contribution in [-0.4, -0.2) is 47.1 Å². The quantitative estimate of drug-likeness (QED) is 0.771. The topological polar surface area (TPSA) is 78.5 Å². The molecular weight excluding hydrogens is 210 g/mol. The lowest BCUT2D eigenvalue weighted by atomic mass is 10.1. The number of hydrogen-bond donors (Lipinski definition) is 2. The van der Waals surface area contributed by atoms with Crippen molar-refractivity contribution in [3.05, 3.63) is 11.4 Å². The maximum Gasteiger partial charge on any atom is 0.323 e. The van der Waals surface area contributed by atoms with Crippen LogP contribution in [-0.2, 0) is 9.53 Å². The first kappa shape index (κ1) is 10.9. The largest absolute Gasteiger partial charge is 0.480 e. The van der Waals surface area contributed by atoms with Crippen LogP contribution in [0.3, 0.4) is 0 Å². The third-order valence-corrected chi connectivity index (χ3v) is 2.74. The molecule has 1 aromatic rings. The van der Waals surface area contributed by atoms with Crippen LogP contribution in [0.25, 0.3) is 0 Å². The number of anilines is 1. The highest BCUT2D eigenvalue weighted by Crippen LogP contribution is 2.26. The van der Waals surface area contributed by atoms with Crippen LogP contribution < -0.4 is 4.90 Å². The Morgan fingerprint density at radius 1 is 1.62 bits per heavy atom. The molecule has 1 aliphatic rings. The fraction of sp³-hybridized carbons (Fsp3) is 0.600. The number of carboxylic acids is 1. The molecule has 6 nitrogen and oxygen atoms in total. The molecule has 1 aliphatic heterocycles. The maximum atomic E-state index is 10.9. The van der Waals surface area contributed by atoms with Gasteiger partial charge < -0.3 is 14.7 Å². The number of aromatic nitrogens is 2. The van der Waals surface area contributed by atoms with E-state index in [1.165, 1.54) is 0 Å². The van der Waals surface area contributed by atoms with Gasteiger partial charge in [-0.3, -0.25) is 9.89 Å². The van der Waals surface area contributed by atoms with Crippen molar-refractivity contribution < 1.29 is 14.6 Å². The summed E-state index contributed by atoms with van der Waals surface area (Å²) in [5.74, 6) is -0.841. The number of hydrogen-bond acceptors (Lipinski definition) is 4. The van der Waals surface area contributed by atoms with Gasteiger partial charge in [0.2, 0.25) is 0 Å². The molecule has 0 spiro atoms. The van der Waals surface area contributed by atoms with Gasteiger partial charge in [-0.2, -0.15) is 5.10 Å². The number of rotatable bonds is 4. The highest BCUT2D eigenvalue weighted by molar-refractivity contribution is 5.75. The third-order valence-electron chi connectivity index (χ3n) is 2.74. The Balaban J connectivity index is 2.26. The van der Waals surface area contributed by atoms with Crippen molar-refractivity contribution in [3.8, 4) is 0 Å². The number of carboxylic acid groups (broad SMARTS) is 1. The summed E-state index contributed by atoms with van der Waals surface area (Å²) in [7, 11) is 0. The summed E-state index contributed by atoms with van der Waals surface area (Å²) in [5, 5.41) is 15.9. The Hall–Kier alpha value is -1.56. The molecule has 1 aromatic heterocycles. The molecule has 0 unspecified atom stereocenters. The molecule has 0 aromatic carbocycles. The fourth-order valence-corrected chi connectivity index (χ4v) is 1.91. The van der Waals surface area contributed by atoms with Crippen LogP contribution in [0, 0.1) is 13.8 Å². The van der Waals surface area contributed by atoms with Gasteiger partial charge in [-0.1, -0.05) is 0 Å². The first-order chi connectivity index (χ1) is 7.59. The summed E-state index contributed by atoms with van der Waals surface area (Å²) < 4.78 is 5.11. The van der Waals surface area contributed by atoms with Gasteiger partial charge in [0.05, 0.1) is 36.3 Å². The van der Waals surface area contributed by atoms with Gasteiger partial charge in [-0.25, -0.2) is 0 Å². The molecule has 0 atom stereocenters. The molecular formula is C10H15N3O3. The lowest BCUT2D eigenvalue weighted by Gasteiger charge is -2.37. The Morgan fingerprint density at radius 3 is 2.69 bits per heavy atom. The van der Waals surface area contributed by atoms with Gasteiger partial charge >= 0.3 is 5.97 Å². The van der Waals surface area contributed by atoms with Crippen LogP contribution >= 0.6 is 0 Å². The number of ether oxygens (including phenoxy) is 1. The molecule has 1 saturated heterocycles. The third kappa shape index (κ3) is 1.88. The first-order valence-electron chi connectivity index (χ1n) is 5.17. The lowest BCUT2D eigenvalue weighted by Crippen LogP contribution is -2.51. The van der Waals surface area contributed by atoms with E-state index in [4.69, 9.17) is 9.84 Å². The highest BCUT2D eigenvalue weighted by atomic mass is 16.5. The van der Waals surface area contributed by atoms with Crippen molar-refractivity contribution in [2.24, 2.45) is 0 Å². The van der Waals surface area contributed by atoms with E-state index >= 15 is 0 Å². The van der Waals surface area contributed by atoms with E-state index in [0.717, 1.165) is 17.1 Å². The summed E-state index contributed by atoms with van der Waals surface area (Å²) >= 11 is 0. The van der Waals surface area contributed by atoms with Crippen molar-refractivity contribution >= 4 is 11.7 Å². The van der Waals surface area contributed by atoms with E-state index in [9.17, 15) is 4.79 Å². The number of aromatic amines is 1. The number of H-pyrrole nitrogens is 1. The number of nitrogens with zero attached hydrogens (tertiary/aromatic N) is 2. The average Bonchev–Trinajstić information content (AvgIpc) is 2.41. The van der Waals surface area contributed by atoms with Gasteiger partial charge in [-0.05, 0) is 13.8 Å². The second-order valence-electron chi connectivity index (χ2n) is 4.00. The molecule has 0 radical (unpaired) electrons. The fourth-order valence-electron chi connectivity index (χ4n) is 1.91. The number of nitrogens with one attached hydrogen (secondary N) is 1. The summed E-state index contributed by atoms with van der Waals surface area (Å²) in [4.78, 5) is 12.7. The monoisotopic (exact) mass is 225 g/mol. The number of aryl methyl sites for hydroxylation is 2. The zero-order valence-electron chi connectivity index (χ0n) is 9.36. The Bertz CT molecular complexity index is 379. The first-order valence-corrected chi connectivity index (χ1v) is 5.17. The molecule has 2 heterocycles. The molecule has 88 valence electrons. The average molecular weight is 225 g/mol. The van der Waals surface area contributed by atoms with Crippen LogP contribution in [0.5, 0.6) is 0 Å². The van der Waals surface area contributed by atoms with Crippen LogP contribution in [0.4, 0.5) is 5.69 Å². The number of aliphatic carboxylic acids is 1. The summed E-state index contributed by atoms with van der Waals surface area (Å²) in [6, 6.07) is 0.145.